The van der Waals surface area contributed by atoms with Crippen LogP contribution < -0.4 is 11.2 Å². The molecule has 3 N–H and O–H groups in total. The van der Waals surface area contributed by atoms with Crippen molar-refractivity contribution < 1.29 is 9.53 Å². The molecule has 0 saturated carbocycles. The zero-order valence-corrected chi connectivity index (χ0v) is 10.8. The number of rotatable bonds is 2. The molecule has 0 spiro atoms. The fourth-order valence-corrected chi connectivity index (χ4v) is 2.30. The Labute approximate surface area is 110 Å². The van der Waals surface area contributed by atoms with Crippen LogP contribution >= 0.6 is 11.3 Å². The van der Waals surface area contributed by atoms with Gasteiger partial charge in [-0.1, -0.05) is 11.8 Å². The quantitative estimate of drug-likeness (QED) is 0.741. The number of carbonyl (C=O) groups excluding carboxylic acids is 1. The minimum Gasteiger partial charge on any atom is -0.379 e. The van der Waals surface area contributed by atoms with Crippen molar-refractivity contribution in [2.45, 2.75) is 0 Å². The van der Waals surface area contributed by atoms with Crippen LogP contribution in [0.3, 0.4) is 0 Å². The van der Waals surface area contributed by atoms with Crippen molar-refractivity contribution in [2.24, 2.45) is 5.73 Å². The van der Waals surface area contributed by atoms with Gasteiger partial charge in [0.25, 0.3) is 5.91 Å². The molecular formula is C12H15N3O2S. The summed E-state index contributed by atoms with van der Waals surface area (Å²) in [5.74, 6) is 5.58. The molecule has 1 aliphatic rings. The molecule has 1 aliphatic heterocycles. The van der Waals surface area contributed by atoms with Crippen molar-refractivity contribution in [1.82, 2.24) is 10.4 Å². The summed E-state index contributed by atoms with van der Waals surface area (Å²) < 4.78 is 5.21. The van der Waals surface area contributed by atoms with E-state index in [0.717, 1.165) is 18.0 Å². The van der Waals surface area contributed by atoms with Gasteiger partial charge in [0.15, 0.2) is 0 Å². The van der Waals surface area contributed by atoms with Gasteiger partial charge < -0.3 is 10.5 Å². The third kappa shape index (κ3) is 3.55. The van der Waals surface area contributed by atoms with Gasteiger partial charge in [-0.25, -0.2) is 5.01 Å². The third-order valence-corrected chi connectivity index (χ3v) is 3.29. The monoisotopic (exact) mass is 265 g/mol. The smallest absolute Gasteiger partial charge is 0.266 e. The molecule has 1 saturated heterocycles. The molecular weight excluding hydrogens is 250 g/mol. The summed E-state index contributed by atoms with van der Waals surface area (Å²) in [5.41, 5.74) is 8.78. The normalized spacial score (nSPS) is 15.8. The van der Waals surface area contributed by atoms with Crippen molar-refractivity contribution in [2.75, 3.05) is 32.8 Å². The number of hydrazine groups is 1. The first-order chi connectivity index (χ1) is 8.79. The van der Waals surface area contributed by atoms with Gasteiger partial charge in [0.05, 0.1) is 30.2 Å². The number of ether oxygens (including phenoxy) is 1. The van der Waals surface area contributed by atoms with E-state index in [-0.39, 0.29) is 5.91 Å². The van der Waals surface area contributed by atoms with Crippen molar-refractivity contribution in [3.8, 4) is 11.8 Å². The van der Waals surface area contributed by atoms with E-state index in [1.165, 1.54) is 11.3 Å². The van der Waals surface area contributed by atoms with Gasteiger partial charge >= 0.3 is 0 Å². The maximum absolute atomic E-state index is 11.9. The highest BCUT2D eigenvalue weighted by Crippen LogP contribution is 2.13. The first-order valence-electron chi connectivity index (χ1n) is 5.71. The second-order valence-corrected chi connectivity index (χ2v) is 4.66. The van der Waals surface area contributed by atoms with E-state index in [2.05, 4.69) is 17.3 Å². The SMILES string of the molecule is NCC#Cc1cc(C(=O)NN2CCOCC2)cs1. The molecule has 1 aromatic heterocycles. The minimum atomic E-state index is -0.103. The highest BCUT2D eigenvalue weighted by Gasteiger charge is 2.15. The number of nitrogens with one attached hydrogen (secondary N) is 1. The molecule has 0 aromatic carbocycles. The third-order valence-electron chi connectivity index (χ3n) is 2.45. The van der Waals surface area contributed by atoms with Crippen molar-refractivity contribution in [3.63, 3.8) is 0 Å². The molecule has 1 aromatic rings. The Bertz CT molecular complexity index is 469. The van der Waals surface area contributed by atoms with E-state index < -0.39 is 0 Å². The maximum atomic E-state index is 11.9. The number of morpholine rings is 1. The predicted molar refractivity (Wildman–Crippen MR) is 70.1 cm³/mol. The Morgan fingerprint density at radius 2 is 2.33 bits per heavy atom. The molecule has 18 heavy (non-hydrogen) atoms. The molecule has 0 aliphatic carbocycles. The summed E-state index contributed by atoms with van der Waals surface area (Å²) in [6, 6.07) is 1.78. The lowest BCUT2D eigenvalue weighted by atomic mass is 10.3. The van der Waals surface area contributed by atoms with E-state index in [9.17, 15) is 4.79 Å². The second-order valence-electron chi connectivity index (χ2n) is 3.75. The van der Waals surface area contributed by atoms with E-state index in [4.69, 9.17) is 10.5 Å². The molecule has 0 unspecified atom stereocenters. The molecule has 0 bridgehead atoms. The summed E-state index contributed by atoms with van der Waals surface area (Å²) in [6.07, 6.45) is 0. The largest absolute Gasteiger partial charge is 0.379 e. The molecule has 1 amide bonds. The molecule has 0 atom stereocenters. The van der Waals surface area contributed by atoms with Gasteiger partial charge in [-0.05, 0) is 6.07 Å². The number of nitrogens with two attached hydrogens (primary N) is 1. The fourth-order valence-electron chi connectivity index (χ4n) is 1.54. The number of amides is 1. The first-order valence-corrected chi connectivity index (χ1v) is 6.58. The van der Waals surface area contributed by atoms with Crippen LogP contribution in [0.4, 0.5) is 0 Å². The molecule has 0 radical (unpaired) electrons. The van der Waals surface area contributed by atoms with Crippen molar-refractivity contribution >= 4 is 17.2 Å². The van der Waals surface area contributed by atoms with Crippen molar-refractivity contribution in [1.29, 1.82) is 0 Å². The van der Waals surface area contributed by atoms with Crippen LogP contribution in [0.2, 0.25) is 0 Å². The van der Waals surface area contributed by atoms with E-state index >= 15 is 0 Å². The van der Waals surface area contributed by atoms with Crippen LogP contribution in [0.5, 0.6) is 0 Å². The number of thiophene rings is 1. The van der Waals surface area contributed by atoms with Crippen LogP contribution in [0.15, 0.2) is 11.4 Å². The Kier molecular flexibility index (Phi) is 4.73. The maximum Gasteiger partial charge on any atom is 0.266 e. The van der Waals surface area contributed by atoms with Crippen LogP contribution in [0.25, 0.3) is 0 Å². The Balaban J connectivity index is 1.93. The summed E-state index contributed by atoms with van der Waals surface area (Å²) >= 11 is 1.45. The van der Waals surface area contributed by atoms with E-state index in [1.54, 1.807) is 11.4 Å². The number of hydrogen-bond acceptors (Lipinski definition) is 5. The lowest BCUT2D eigenvalue weighted by molar-refractivity contribution is 0.0126. The Morgan fingerprint density at radius 3 is 3.06 bits per heavy atom. The van der Waals surface area contributed by atoms with Crippen LogP contribution in [-0.4, -0.2) is 43.8 Å². The van der Waals surface area contributed by atoms with Gasteiger partial charge in [-0.2, -0.15) is 0 Å². The van der Waals surface area contributed by atoms with Crippen molar-refractivity contribution in [3.05, 3.63) is 21.9 Å². The standard InChI is InChI=1S/C12H15N3O2S/c13-3-1-2-11-8-10(9-18-11)12(16)14-15-4-6-17-7-5-15/h8-9H,3-7,13H2,(H,14,16). The number of hydrogen-bond donors (Lipinski definition) is 2. The molecule has 1 fully saturated rings. The lowest BCUT2D eigenvalue weighted by Crippen LogP contribution is -2.48. The average molecular weight is 265 g/mol. The molecule has 6 heteroatoms. The Hall–Kier alpha value is -1.39. The highest BCUT2D eigenvalue weighted by molar-refractivity contribution is 7.10. The van der Waals surface area contributed by atoms with E-state index in [0.29, 0.717) is 25.3 Å². The molecule has 2 rings (SSSR count). The molecule has 96 valence electrons. The fraction of sp³-hybridized carbons (Fsp3) is 0.417. The summed E-state index contributed by atoms with van der Waals surface area (Å²) in [5, 5.41) is 3.67. The average Bonchev–Trinajstić information content (AvgIpc) is 2.86. The van der Waals surface area contributed by atoms with Gasteiger partial charge in [-0.15, -0.1) is 11.3 Å². The molecule has 5 nitrogen and oxygen atoms in total. The topological polar surface area (TPSA) is 67.6 Å². The van der Waals surface area contributed by atoms with Gasteiger partial charge in [-0.3, -0.25) is 10.2 Å². The Morgan fingerprint density at radius 1 is 1.56 bits per heavy atom. The highest BCUT2D eigenvalue weighted by atomic mass is 32.1. The lowest BCUT2D eigenvalue weighted by Gasteiger charge is -2.26. The zero-order valence-electron chi connectivity index (χ0n) is 9.94. The second kappa shape index (κ2) is 6.52. The van der Waals surface area contributed by atoms with E-state index in [1.807, 2.05) is 5.01 Å². The van der Waals surface area contributed by atoms with Crippen LogP contribution in [-0.2, 0) is 4.74 Å². The van der Waals surface area contributed by atoms with Gasteiger partial charge in [0.2, 0.25) is 0 Å². The predicted octanol–water partition coefficient (Wildman–Crippen LogP) is 0.0353. The molecule has 2 heterocycles. The number of carbonyl (C=O) groups is 1. The summed E-state index contributed by atoms with van der Waals surface area (Å²) in [4.78, 5) is 12.8. The van der Waals surface area contributed by atoms with Crippen LogP contribution in [0.1, 0.15) is 15.2 Å². The van der Waals surface area contributed by atoms with Gasteiger partial charge in [0, 0.05) is 18.5 Å². The minimum absolute atomic E-state index is 0.103. The van der Waals surface area contributed by atoms with Crippen LogP contribution in [0, 0.1) is 11.8 Å². The van der Waals surface area contributed by atoms with Gasteiger partial charge in [0.1, 0.15) is 0 Å². The first kappa shape index (κ1) is 13.1. The summed E-state index contributed by atoms with van der Waals surface area (Å²) in [6.45, 7) is 3.06. The zero-order chi connectivity index (χ0) is 12.8. The summed E-state index contributed by atoms with van der Waals surface area (Å²) in [7, 11) is 0. The number of nitrogens with zero attached hydrogens (tertiary/aromatic N) is 1.